The van der Waals surface area contributed by atoms with Gasteiger partial charge in [-0.25, -0.2) is 0 Å². The van der Waals surface area contributed by atoms with E-state index in [9.17, 15) is 0 Å². The molecule has 0 bridgehead atoms. The van der Waals surface area contributed by atoms with Gasteiger partial charge >= 0.3 is 0 Å². The second-order valence-corrected chi connectivity index (χ2v) is 14.5. The lowest BCUT2D eigenvalue weighted by Gasteiger charge is -2.55. The van der Waals surface area contributed by atoms with E-state index in [0.29, 0.717) is 5.92 Å². The molecule has 0 aliphatic rings. The summed E-state index contributed by atoms with van der Waals surface area (Å²) in [5, 5.41) is 0. The molecule has 228 valence electrons. The Bertz CT molecular complexity index is 579. The van der Waals surface area contributed by atoms with Crippen LogP contribution in [0.3, 0.4) is 0 Å². The highest BCUT2D eigenvalue weighted by molar-refractivity contribution is 4.94. The van der Waals surface area contributed by atoms with Crippen molar-refractivity contribution in [3.63, 3.8) is 0 Å². The first kappa shape index (κ1) is 37.4. The Morgan fingerprint density at radius 3 is 1.61 bits per heavy atom. The van der Waals surface area contributed by atoms with Crippen molar-refractivity contribution in [1.29, 1.82) is 0 Å². The molecule has 0 N–H and O–H groups in total. The first-order valence-corrected chi connectivity index (χ1v) is 15.8. The maximum atomic E-state index is 7.06. The van der Waals surface area contributed by atoms with Gasteiger partial charge in [0, 0.05) is 0 Å². The number of allylic oxidation sites excluding steroid dienone is 1. The van der Waals surface area contributed by atoms with Crippen molar-refractivity contribution in [2.45, 2.75) is 190 Å². The van der Waals surface area contributed by atoms with Gasteiger partial charge in [0.05, 0.1) is 35.1 Å². The monoisotopic (exact) mass is 541 g/mol. The number of hydrogen-bond donors (Lipinski definition) is 0. The third-order valence-corrected chi connectivity index (χ3v) is 6.77. The highest BCUT2D eigenvalue weighted by Crippen LogP contribution is 2.53. The van der Waals surface area contributed by atoms with E-state index in [1.165, 1.54) is 25.7 Å². The maximum absolute atomic E-state index is 7.06. The minimum absolute atomic E-state index is 0.265. The van der Waals surface area contributed by atoms with Crippen LogP contribution in [-0.2, 0) is 18.9 Å². The van der Waals surface area contributed by atoms with E-state index in [0.717, 1.165) is 58.0 Å². The van der Waals surface area contributed by atoms with Crippen LogP contribution < -0.4 is 0 Å². The molecule has 4 nitrogen and oxygen atoms in total. The van der Waals surface area contributed by atoms with Crippen molar-refractivity contribution in [3.05, 3.63) is 12.3 Å². The molecular formula is C34H68O4. The lowest BCUT2D eigenvalue weighted by atomic mass is 9.70. The van der Waals surface area contributed by atoms with Crippen LogP contribution in [0.1, 0.15) is 167 Å². The minimum atomic E-state index is -1.15. The van der Waals surface area contributed by atoms with Gasteiger partial charge in [-0.3, -0.25) is 0 Å². The molecule has 0 heterocycles. The zero-order chi connectivity index (χ0) is 29.5. The molecule has 0 aromatic heterocycles. The lowest BCUT2D eigenvalue weighted by molar-refractivity contribution is -0.491. The van der Waals surface area contributed by atoms with Crippen molar-refractivity contribution >= 4 is 0 Å². The van der Waals surface area contributed by atoms with Crippen molar-refractivity contribution in [2.75, 3.05) is 6.61 Å². The summed E-state index contributed by atoms with van der Waals surface area (Å²) < 4.78 is 26.8. The Morgan fingerprint density at radius 1 is 0.605 bits per heavy atom. The molecule has 0 saturated carbocycles. The van der Waals surface area contributed by atoms with E-state index in [1.807, 2.05) is 13.0 Å². The molecule has 0 saturated heterocycles. The lowest BCUT2D eigenvalue weighted by Crippen LogP contribution is -2.62. The zero-order valence-corrected chi connectivity index (χ0v) is 28.1. The summed E-state index contributed by atoms with van der Waals surface area (Å²) in [7, 11) is 0. The number of rotatable bonds is 20. The van der Waals surface area contributed by atoms with Gasteiger partial charge in [-0.2, -0.15) is 0 Å². The molecule has 0 amide bonds. The molecule has 2 atom stereocenters. The third kappa shape index (κ3) is 15.9. The SMILES string of the molecule is CC=COCCCCCC(CCC)(CCC(C)CCCCC)C(OC(C)(C)C)(OC(C)(C)C)OC(C)(C)C. The number of hydrogen-bond acceptors (Lipinski definition) is 4. The summed E-state index contributed by atoms with van der Waals surface area (Å²) in [6, 6.07) is 0. The van der Waals surface area contributed by atoms with Crippen LogP contribution in [0.5, 0.6) is 0 Å². The van der Waals surface area contributed by atoms with Gasteiger partial charge in [-0.15, -0.1) is 0 Å². The van der Waals surface area contributed by atoms with E-state index in [2.05, 4.69) is 83.1 Å². The standard InChI is InChI=1S/C34H68O4/c1-14-17-19-22-29(4)23-26-33(24-15-2,25-20-18-21-28-35-27-16-3)34(36-30(5,6)7,37-31(8,9)10)38-32(11,12)13/h16,27,29H,14-15,17-26,28H2,1-13H3. The minimum Gasteiger partial charge on any atom is -0.502 e. The topological polar surface area (TPSA) is 36.9 Å². The maximum Gasteiger partial charge on any atom is 0.290 e. The normalized spacial score (nSPS) is 16.1. The predicted octanol–water partition coefficient (Wildman–Crippen LogP) is 11.0. The molecule has 4 heteroatoms. The quantitative estimate of drug-likeness (QED) is 0.0874. The van der Waals surface area contributed by atoms with Gasteiger partial charge in [0.1, 0.15) is 0 Å². The Hall–Kier alpha value is -0.580. The molecule has 0 aliphatic carbocycles. The van der Waals surface area contributed by atoms with Crippen LogP contribution in [0.4, 0.5) is 0 Å². The third-order valence-electron chi connectivity index (χ3n) is 6.77. The van der Waals surface area contributed by atoms with Gasteiger partial charge in [-0.05, 0) is 107 Å². The van der Waals surface area contributed by atoms with Crippen LogP contribution in [-0.4, -0.2) is 29.4 Å². The Balaban J connectivity index is 6.53. The molecule has 0 spiro atoms. The smallest absolute Gasteiger partial charge is 0.290 e. The summed E-state index contributed by atoms with van der Waals surface area (Å²) in [5.41, 5.74) is -1.55. The van der Waals surface area contributed by atoms with Gasteiger partial charge in [0.25, 0.3) is 5.97 Å². The summed E-state index contributed by atoms with van der Waals surface area (Å²) in [4.78, 5) is 0. The summed E-state index contributed by atoms with van der Waals surface area (Å²) in [6.07, 6.45) is 17.4. The fourth-order valence-corrected chi connectivity index (χ4v) is 5.31. The van der Waals surface area contributed by atoms with Crippen molar-refractivity contribution in [3.8, 4) is 0 Å². The van der Waals surface area contributed by atoms with Crippen LogP contribution in [0.15, 0.2) is 12.3 Å². The summed E-state index contributed by atoms with van der Waals surface area (Å²) in [5.74, 6) is -0.480. The molecule has 0 aromatic carbocycles. The Morgan fingerprint density at radius 2 is 1.16 bits per heavy atom. The molecule has 0 rings (SSSR count). The van der Waals surface area contributed by atoms with E-state index in [4.69, 9.17) is 18.9 Å². The van der Waals surface area contributed by atoms with Crippen molar-refractivity contribution < 1.29 is 18.9 Å². The van der Waals surface area contributed by atoms with Gasteiger partial charge in [0.15, 0.2) is 0 Å². The van der Waals surface area contributed by atoms with Crippen LogP contribution in [0.25, 0.3) is 0 Å². The largest absolute Gasteiger partial charge is 0.502 e. The van der Waals surface area contributed by atoms with Crippen molar-refractivity contribution in [2.24, 2.45) is 11.3 Å². The fourth-order valence-electron chi connectivity index (χ4n) is 5.31. The average molecular weight is 541 g/mol. The van der Waals surface area contributed by atoms with Crippen LogP contribution in [0, 0.1) is 11.3 Å². The molecule has 0 aromatic rings. The van der Waals surface area contributed by atoms with Gasteiger partial charge < -0.3 is 18.9 Å². The average Bonchev–Trinajstić information content (AvgIpc) is 2.73. The second kappa shape index (κ2) is 17.3. The van der Waals surface area contributed by atoms with Crippen LogP contribution in [0.2, 0.25) is 0 Å². The van der Waals surface area contributed by atoms with Gasteiger partial charge in [0.2, 0.25) is 0 Å². The highest BCUT2D eigenvalue weighted by Gasteiger charge is 2.59. The van der Waals surface area contributed by atoms with Crippen LogP contribution >= 0.6 is 0 Å². The highest BCUT2D eigenvalue weighted by atomic mass is 16.9. The van der Waals surface area contributed by atoms with E-state index < -0.39 is 22.8 Å². The van der Waals surface area contributed by atoms with E-state index in [-0.39, 0.29) is 5.41 Å². The first-order valence-electron chi connectivity index (χ1n) is 15.8. The fraction of sp³-hybridized carbons (Fsp3) is 0.941. The summed E-state index contributed by atoms with van der Waals surface area (Å²) in [6.45, 7) is 28.9. The zero-order valence-electron chi connectivity index (χ0n) is 28.1. The van der Waals surface area contributed by atoms with E-state index in [1.54, 1.807) is 6.26 Å². The Labute approximate surface area is 239 Å². The van der Waals surface area contributed by atoms with E-state index >= 15 is 0 Å². The molecule has 38 heavy (non-hydrogen) atoms. The molecule has 0 aliphatic heterocycles. The summed E-state index contributed by atoms with van der Waals surface area (Å²) >= 11 is 0. The van der Waals surface area contributed by atoms with Crippen molar-refractivity contribution in [1.82, 2.24) is 0 Å². The Kier molecular flexibility index (Phi) is 17.0. The molecule has 2 unspecified atom stereocenters. The molecular weight excluding hydrogens is 472 g/mol. The number of unbranched alkanes of at least 4 members (excludes halogenated alkanes) is 4. The number of ether oxygens (including phenoxy) is 4. The molecule has 0 radical (unpaired) electrons. The molecule has 0 fully saturated rings. The van der Waals surface area contributed by atoms with Gasteiger partial charge in [-0.1, -0.05) is 71.8 Å². The predicted molar refractivity (Wildman–Crippen MR) is 164 cm³/mol. The first-order chi connectivity index (χ1) is 17.4. The second-order valence-electron chi connectivity index (χ2n) is 14.5.